The number of nitrogens with two attached hydrogens (primary N) is 1. The topological polar surface area (TPSA) is 55.1 Å². The van der Waals surface area contributed by atoms with Crippen molar-refractivity contribution in [1.82, 2.24) is 5.32 Å². The Kier molecular flexibility index (Phi) is 6.21. The van der Waals surface area contributed by atoms with Crippen LogP contribution in [0.1, 0.15) is 32.6 Å². The van der Waals surface area contributed by atoms with Crippen LogP contribution in [0.5, 0.6) is 0 Å². The zero-order chi connectivity index (χ0) is 12.0. The van der Waals surface area contributed by atoms with E-state index in [-0.39, 0.29) is 17.9 Å². The van der Waals surface area contributed by atoms with Gasteiger partial charge >= 0.3 is 0 Å². The Balaban J connectivity index is 2.27. The van der Waals surface area contributed by atoms with Gasteiger partial charge in [-0.3, -0.25) is 4.79 Å². The summed E-state index contributed by atoms with van der Waals surface area (Å²) in [5.41, 5.74) is 5.64. The van der Waals surface area contributed by atoms with Gasteiger partial charge in [0, 0.05) is 17.7 Å². The summed E-state index contributed by atoms with van der Waals surface area (Å²) >= 11 is 1.77. The monoisotopic (exact) mass is 244 g/mol. The zero-order valence-electron chi connectivity index (χ0n) is 10.4. The molecule has 1 fully saturated rings. The van der Waals surface area contributed by atoms with Gasteiger partial charge in [0.2, 0.25) is 5.91 Å². The molecule has 3 N–H and O–H groups in total. The number of thioether (sulfide) groups is 1. The molecule has 0 spiro atoms. The molecule has 0 heterocycles. The van der Waals surface area contributed by atoms with Crippen molar-refractivity contribution >= 4 is 17.7 Å². The fraction of sp³-hybridized carbons (Fsp3) is 0.917. The largest absolute Gasteiger partial charge is 0.353 e. The maximum Gasteiger partial charge on any atom is 0.223 e. The summed E-state index contributed by atoms with van der Waals surface area (Å²) in [4.78, 5) is 11.9. The van der Waals surface area contributed by atoms with Crippen molar-refractivity contribution in [2.45, 2.75) is 38.6 Å². The van der Waals surface area contributed by atoms with Crippen molar-refractivity contribution in [3.63, 3.8) is 0 Å². The Morgan fingerprint density at radius 3 is 2.56 bits per heavy atom. The molecule has 0 aromatic rings. The predicted octanol–water partition coefficient (Wildman–Crippen LogP) is 1.62. The molecule has 0 aromatic carbocycles. The number of nitrogens with one attached hydrogen (secondary N) is 1. The number of hydrogen-bond donors (Lipinski definition) is 2. The van der Waals surface area contributed by atoms with E-state index in [0.29, 0.717) is 5.92 Å². The van der Waals surface area contributed by atoms with Gasteiger partial charge in [-0.1, -0.05) is 0 Å². The molecule has 0 radical (unpaired) electrons. The van der Waals surface area contributed by atoms with E-state index in [2.05, 4.69) is 18.5 Å². The van der Waals surface area contributed by atoms with Crippen LogP contribution >= 0.6 is 11.8 Å². The van der Waals surface area contributed by atoms with Crippen LogP contribution in [0.15, 0.2) is 0 Å². The molecule has 16 heavy (non-hydrogen) atoms. The van der Waals surface area contributed by atoms with Gasteiger partial charge in [0.1, 0.15) is 0 Å². The highest BCUT2D eigenvalue weighted by atomic mass is 32.2. The van der Waals surface area contributed by atoms with Crippen LogP contribution in [-0.2, 0) is 4.79 Å². The highest BCUT2D eigenvalue weighted by Gasteiger charge is 2.26. The average molecular weight is 244 g/mol. The van der Waals surface area contributed by atoms with E-state index in [1.165, 1.54) is 0 Å². The predicted molar refractivity (Wildman–Crippen MR) is 70.5 cm³/mol. The van der Waals surface area contributed by atoms with Crippen LogP contribution in [0.2, 0.25) is 0 Å². The number of carbonyl (C=O) groups excluding carboxylic acids is 1. The van der Waals surface area contributed by atoms with Crippen molar-refractivity contribution in [3.8, 4) is 0 Å². The van der Waals surface area contributed by atoms with E-state index in [9.17, 15) is 4.79 Å². The van der Waals surface area contributed by atoms with Crippen molar-refractivity contribution in [3.05, 3.63) is 0 Å². The Morgan fingerprint density at radius 2 is 2.06 bits per heavy atom. The molecule has 3 nitrogen and oxygen atoms in total. The number of carbonyl (C=O) groups is 1. The molecular formula is C12H24N2OS. The van der Waals surface area contributed by atoms with Crippen LogP contribution in [0.3, 0.4) is 0 Å². The van der Waals surface area contributed by atoms with Crippen LogP contribution in [0, 0.1) is 11.8 Å². The first-order valence-corrected chi connectivity index (χ1v) is 7.56. The molecule has 1 rings (SSSR count). The molecule has 1 atom stereocenters. The third-order valence-electron chi connectivity index (χ3n) is 3.36. The van der Waals surface area contributed by atoms with E-state index in [0.717, 1.165) is 38.0 Å². The Labute approximate surface area is 103 Å². The number of amides is 1. The molecule has 1 aliphatic carbocycles. The molecular weight excluding hydrogens is 220 g/mol. The smallest absolute Gasteiger partial charge is 0.223 e. The standard InChI is InChI=1S/C12H24N2OS/c1-9(8-16-2)14-12(15)11-5-3-10(7-13)4-6-11/h9-11H,3-8,13H2,1-2H3,(H,14,15). The van der Waals surface area contributed by atoms with Gasteiger partial charge in [-0.25, -0.2) is 0 Å². The Hall–Kier alpha value is -0.220. The van der Waals surface area contributed by atoms with Crippen molar-refractivity contribution in [2.75, 3.05) is 18.6 Å². The van der Waals surface area contributed by atoms with E-state index in [1.807, 2.05) is 0 Å². The minimum Gasteiger partial charge on any atom is -0.353 e. The van der Waals surface area contributed by atoms with Gasteiger partial charge in [0.05, 0.1) is 0 Å². The fourth-order valence-corrected chi connectivity index (χ4v) is 2.90. The van der Waals surface area contributed by atoms with E-state index < -0.39 is 0 Å². The van der Waals surface area contributed by atoms with Crippen LogP contribution in [0.25, 0.3) is 0 Å². The summed E-state index contributed by atoms with van der Waals surface area (Å²) in [5, 5.41) is 3.09. The summed E-state index contributed by atoms with van der Waals surface area (Å²) in [5.74, 6) is 2.11. The normalized spacial score (nSPS) is 27.4. The van der Waals surface area contributed by atoms with Crippen molar-refractivity contribution in [1.29, 1.82) is 0 Å². The van der Waals surface area contributed by atoms with Crippen LogP contribution < -0.4 is 11.1 Å². The van der Waals surface area contributed by atoms with Gasteiger partial charge in [-0.15, -0.1) is 0 Å². The fourth-order valence-electron chi connectivity index (χ4n) is 2.31. The molecule has 0 aliphatic heterocycles. The SMILES string of the molecule is CSCC(C)NC(=O)C1CCC(CN)CC1. The first-order valence-electron chi connectivity index (χ1n) is 6.16. The van der Waals surface area contributed by atoms with Crippen LogP contribution in [0.4, 0.5) is 0 Å². The zero-order valence-corrected chi connectivity index (χ0v) is 11.2. The van der Waals surface area contributed by atoms with Crippen LogP contribution in [-0.4, -0.2) is 30.5 Å². The highest BCUT2D eigenvalue weighted by molar-refractivity contribution is 7.98. The lowest BCUT2D eigenvalue weighted by Gasteiger charge is -2.27. The summed E-state index contributed by atoms with van der Waals surface area (Å²) < 4.78 is 0. The summed E-state index contributed by atoms with van der Waals surface area (Å²) in [6, 6.07) is 0.287. The number of rotatable bonds is 5. The summed E-state index contributed by atoms with van der Waals surface area (Å²) in [6.07, 6.45) is 6.32. The average Bonchev–Trinajstić information content (AvgIpc) is 2.29. The Bertz CT molecular complexity index is 215. The lowest BCUT2D eigenvalue weighted by Crippen LogP contribution is -2.40. The Morgan fingerprint density at radius 1 is 1.44 bits per heavy atom. The molecule has 1 amide bonds. The van der Waals surface area contributed by atoms with Gasteiger partial charge in [-0.05, 0) is 51.3 Å². The van der Waals surface area contributed by atoms with Gasteiger partial charge < -0.3 is 11.1 Å². The lowest BCUT2D eigenvalue weighted by molar-refractivity contribution is -0.126. The first kappa shape index (κ1) is 13.8. The van der Waals surface area contributed by atoms with E-state index in [4.69, 9.17) is 5.73 Å². The minimum absolute atomic E-state index is 0.229. The molecule has 4 heteroatoms. The minimum atomic E-state index is 0.229. The van der Waals surface area contributed by atoms with E-state index in [1.54, 1.807) is 11.8 Å². The van der Waals surface area contributed by atoms with E-state index >= 15 is 0 Å². The molecule has 1 aliphatic rings. The van der Waals surface area contributed by atoms with Crippen molar-refractivity contribution < 1.29 is 4.79 Å². The number of hydrogen-bond acceptors (Lipinski definition) is 3. The molecule has 0 aromatic heterocycles. The maximum atomic E-state index is 11.9. The summed E-state index contributed by atoms with van der Waals surface area (Å²) in [6.45, 7) is 2.84. The maximum absolute atomic E-state index is 11.9. The third kappa shape index (κ3) is 4.34. The first-order chi connectivity index (χ1) is 7.67. The quantitative estimate of drug-likeness (QED) is 0.772. The molecule has 1 unspecified atom stereocenters. The molecule has 1 saturated carbocycles. The molecule has 0 bridgehead atoms. The van der Waals surface area contributed by atoms with Crippen molar-refractivity contribution in [2.24, 2.45) is 17.6 Å². The third-order valence-corrected chi connectivity index (χ3v) is 4.19. The molecule has 0 saturated heterocycles. The second kappa shape index (κ2) is 7.17. The highest BCUT2D eigenvalue weighted by Crippen LogP contribution is 2.28. The summed E-state index contributed by atoms with van der Waals surface area (Å²) in [7, 11) is 0. The lowest BCUT2D eigenvalue weighted by atomic mass is 9.81. The van der Waals surface area contributed by atoms with Gasteiger partial charge in [-0.2, -0.15) is 11.8 Å². The van der Waals surface area contributed by atoms with Gasteiger partial charge in [0.15, 0.2) is 0 Å². The second-order valence-electron chi connectivity index (χ2n) is 4.82. The second-order valence-corrected chi connectivity index (χ2v) is 5.73. The molecule has 94 valence electrons. The van der Waals surface area contributed by atoms with Gasteiger partial charge in [0.25, 0.3) is 0 Å².